The molecule has 3 aromatic carbocycles. The fraction of sp³-hybridized carbons (Fsp3) is 0. The molecule has 0 spiro atoms. The van der Waals surface area contributed by atoms with Crippen LogP contribution in [0.2, 0.25) is 0 Å². The predicted octanol–water partition coefficient (Wildman–Crippen LogP) is 4.06. The van der Waals surface area contributed by atoms with Gasteiger partial charge in [0.2, 0.25) is 0 Å². The minimum Gasteiger partial charge on any atom is -0.354 e. The van der Waals surface area contributed by atoms with E-state index in [2.05, 4.69) is 11.4 Å². The third kappa shape index (κ3) is 1.52. The second kappa shape index (κ2) is 3.93. The van der Waals surface area contributed by atoms with E-state index in [9.17, 15) is 4.21 Å². The van der Waals surface area contributed by atoms with Crippen LogP contribution in [0.4, 0.5) is 11.4 Å². The molecule has 3 aromatic rings. The van der Waals surface area contributed by atoms with Gasteiger partial charge in [0, 0.05) is 5.39 Å². The van der Waals surface area contributed by atoms with Gasteiger partial charge in [-0.25, -0.2) is 4.21 Å². The summed E-state index contributed by atoms with van der Waals surface area (Å²) in [6, 6.07) is 19.9. The van der Waals surface area contributed by atoms with E-state index >= 15 is 0 Å². The number of fused-ring (bicyclic) bond motifs is 4. The van der Waals surface area contributed by atoms with Gasteiger partial charge in [0.1, 0.15) is 0 Å². The van der Waals surface area contributed by atoms with Gasteiger partial charge in [-0.05, 0) is 23.6 Å². The Morgan fingerprint density at radius 2 is 1.58 bits per heavy atom. The summed E-state index contributed by atoms with van der Waals surface area (Å²) in [5.41, 5.74) is 1.87. The van der Waals surface area contributed by atoms with Gasteiger partial charge in [0.25, 0.3) is 0 Å². The van der Waals surface area contributed by atoms with Gasteiger partial charge in [-0.2, -0.15) is 0 Å². The number of hydrogen-bond donors (Lipinski definition) is 1. The lowest BCUT2D eigenvalue weighted by Gasteiger charge is -2.22. The van der Waals surface area contributed by atoms with Crippen molar-refractivity contribution in [1.82, 2.24) is 0 Å². The highest BCUT2D eigenvalue weighted by atomic mass is 32.2. The molecule has 0 radical (unpaired) electrons. The van der Waals surface area contributed by atoms with Crippen molar-refractivity contribution in [2.75, 3.05) is 5.32 Å². The standard InChI is InChI=1S/C16H11NOS/c18-19-15-8-4-3-7-13(15)17-14-10-9-11-5-1-2-6-12(11)16(14)19/h1-10,17H. The molecule has 3 heteroatoms. The second-order valence-electron chi connectivity index (χ2n) is 4.55. The van der Waals surface area contributed by atoms with Gasteiger partial charge in [0.05, 0.1) is 32.0 Å². The molecule has 0 bridgehead atoms. The van der Waals surface area contributed by atoms with Crippen LogP contribution in [0.5, 0.6) is 0 Å². The maximum atomic E-state index is 12.8. The normalized spacial score (nSPS) is 16.5. The van der Waals surface area contributed by atoms with Crippen molar-refractivity contribution in [3.05, 3.63) is 60.7 Å². The first-order valence-electron chi connectivity index (χ1n) is 6.14. The summed E-state index contributed by atoms with van der Waals surface area (Å²) in [7, 11) is -1.13. The maximum Gasteiger partial charge on any atom is 0.0898 e. The average molecular weight is 265 g/mol. The maximum absolute atomic E-state index is 12.8. The minimum absolute atomic E-state index is 0.853. The van der Waals surface area contributed by atoms with Gasteiger partial charge < -0.3 is 5.32 Å². The number of benzene rings is 3. The molecule has 4 rings (SSSR count). The van der Waals surface area contributed by atoms with Crippen molar-refractivity contribution in [3.8, 4) is 0 Å². The first kappa shape index (κ1) is 10.8. The van der Waals surface area contributed by atoms with Crippen molar-refractivity contribution in [2.24, 2.45) is 0 Å². The quantitative estimate of drug-likeness (QED) is 0.519. The molecule has 0 amide bonds. The Bertz CT molecular complexity index is 826. The monoisotopic (exact) mass is 265 g/mol. The zero-order chi connectivity index (χ0) is 12.8. The van der Waals surface area contributed by atoms with Crippen LogP contribution in [0.1, 0.15) is 0 Å². The summed E-state index contributed by atoms with van der Waals surface area (Å²) < 4.78 is 12.8. The van der Waals surface area contributed by atoms with E-state index in [1.807, 2.05) is 54.6 Å². The summed E-state index contributed by atoms with van der Waals surface area (Å²) in [4.78, 5) is 1.74. The molecule has 1 aliphatic heterocycles. The van der Waals surface area contributed by atoms with Crippen molar-refractivity contribution >= 4 is 32.9 Å². The molecule has 1 N–H and O–H groups in total. The zero-order valence-electron chi connectivity index (χ0n) is 10.1. The van der Waals surface area contributed by atoms with Crippen LogP contribution in [0, 0.1) is 0 Å². The smallest absolute Gasteiger partial charge is 0.0898 e. The van der Waals surface area contributed by atoms with Gasteiger partial charge >= 0.3 is 0 Å². The Labute approximate surface area is 113 Å². The minimum atomic E-state index is -1.13. The first-order valence-corrected chi connectivity index (χ1v) is 7.29. The fourth-order valence-corrected chi connectivity index (χ4v) is 3.97. The van der Waals surface area contributed by atoms with E-state index in [1.54, 1.807) is 0 Å². The van der Waals surface area contributed by atoms with Crippen molar-refractivity contribution in [2.45, 2.75) is 9.79 Å². The summed E-state index contributed by atoms with van der Waals surface area (Å²) in [5.74, 6) is 0. The zero-order valence-corrected chi connectivity index (χ0v) is 10.9. The summed E-state index contributed by atoms with van der Waals surface area (Å²) in [6.45, 7) is 0. The highest BCUT2D eigenvalue weighted by Crippen LogP contribution is 2.40. The lowest BCUT2D eigenvalue weighted by Crippen LogP contribution is -2.08. The van der Waals surface area contributed by atoms with Gasteiger partial charge in [0.15, 0.2) is 0 Å². The first-order chi connectivity index (χ1) is 9.34. The van der Waals surface area contributed by atoms with Crippen molar-refractivity contribution in [3.63, 3.8) is 0 Å². The topological polar surface area (TPSA) is 29.1 Å². The van der Waals surface area contributed by atoms with Gasteiger partial charge in [-0.15, -0.1) is 0 Å². The van der Waals surface area contributed by atoms with Crippen LogP contribution >= 0.6 is 0 Å². The molecule has 1 unspecified atom stereocenters. The number of rotatable bonds is 0. The van der Waals surface area contributed by atoms with Crippen LogP contribution in [0.15, 0.2) is 70.5 Å². The highest BCUT2D eigenvalue weighted by Gasteiger charge is 2.23. The molecule has 19 heavy (non-hydrogen) atoms. The molecule has 1 aliphatic rings. The van der Waals surface area contributed by atoms with E-state index in [0.717, 1.165) is 31.9 Å². The van der Waals surface area contributed by atoms with Gasteiger partial charge in [-0.1, -0.05) is 42.5 Å². The van der Waals surface area contributed by atoms with Crippen LogP contribution in [-0.4, -0.2) is 4.21 Å². The van der Waals surface area contributed by atoms with E-state index in [0.29, 0.717) is 0 Å². The molecular formula is C16H11NOS. The second-order valence-corrected chi connectivity index (χ2v) is 5.94. The van der Waals surface area contributed by atoms with E-state index in [-0.39, 0.29) is 0 Å². The lowest BCUT2D eigenvalue weighted by molar-refractivity contribution is 0.683. The fourth-order valence-electron chi connectivity index (χ4n) is 2.53. The molecule has 0 fully saturated rings. The third-order valence-corrected chi connectivity index (χ3v) is 4.99. The molecule has 0 aliphatic carbocycles. The molecule has 0 saturated heterocycles. The molecule has 0 aromatic heterocycles. The van der Waals surface area contributed by atoms with Crippen molar-refractivity contribution in [1.29, 1.82) is 0 Å². The van der Waals surface area contributed by atoms with Gasteiger partial charge in [-0.3, -0.25) is 0 Å². The van der Waals surface area contributed by atoms with E-state index in [4.69, 9.17) is 0 Å². The average Bonchev–Trinajstić information content (AvgIpc) is 2.47. The Balaban J connectivity index is 2.07. The van der Waals surface area contributed by atoms with E-state index in [1.165, 1.54) is 0 Å². The Hall–Kier alpha value is -2.13. The number of hydrogen-bond acceptors (Lipinski definition) is 2. The number of para-hydroxylation sites is 1. The Kier molecular flexibility index (Phi) is 2.23. The van der Waals surface area contributed by atoms with Crippen LogP contribution in [0.3, 0.4) is 0 Å². The van der Waals surface area contributed by atoms with Crippen molar-refractivity contribution < 1.29 is 4.21 Å². The van der Waals surface area contributed by atoms with Crippen LogP contribution in [0.25, 0.3) is 10.8 Å². The molecule has 2 nitrogen and oxygen atoms in total. The number of nitrogens with one attached hydrogen (secondary N) is 1. The van der Waals surface area contributed by atoms with Crippen LogP contribution < -0.4 is 5.32 Å². The summed E-state index contributed by atoms with van der Waals surface area (Å²) in [5, 5.41) is 5.55. The lowest BCUT2D eigenvalue weighted by atomic mass is 10.1. The summed E-state index contributed by atoms with van der Waals surface area (Å²) >= 11 is 0. The largest absolute Gasteiger partial charge is 0.354 e. The Morgan fingerprint density at radius 1 is 0.789 bits per heavy atom. The molecule has 92 valence electrons. The van der Waals surface area contributed by atoms with E-state index < -0.39 is 10.8 Å². The molecule has 0 saturated carbocycles. The molecule has 1 heterocycles. The SMILES string of the molecule is O=S1c2ccccc2Nc2ccc3ccccc3c21. The number of anilines is 2. The van der Waals surface area contributed by atoms with Crippen LogP contribution in [-0.2, 0) is 10.8 Å². The highest BCUT2D eigenvalue weighted by molar-refractivity contribution is 7.85. The Morgan fingerprint density at radius 3 is 2.53 bits per heavy atom. The predicted molar refractivity (Wildman–Crippen MR) is 78.3 cm³/mol. The third-order valence-electron chi connectivity index (χ3n) is 3.42. The molecule has 1 atom stereocenters. The molecular weight excluding hydrogens is 254 g/mol. The summed E-state index contributed by atoms with van der Waals surface area (Å²) in [6.07, 6.45) is 0.